The van der Waals surface area contributed by atoms with Crippen LogP contribution >= 0.6 is 39.1 Å². The van der Waals surface area contributed by atoms with Crippen LogP contribution in [0.15, 0.2) is 34.8 Å². The van der Waals surface area contributed by atoms with Crippen molar-refractivity contribution >= 4 is 39.1 Å². The molecule has 0 saturated carbocycles. The molecule has 0 aliphatic heterocycles. The van der Waals surface area contributed by atoms with E-state index in [1.807, 2.05) is 44.2 Å². The van der Waals surface area contributed by atoms with Crippen molar-refractivity contribution in [1.29, 1.82) is 0 Å². The van der Waals surface area contributed by atoms with E-state index in [1.165, 1.54) is 5.56 Å². The lowest BCUT2D eigenvalue weighted by atomic mass is 9.96. The van der Waals surface area contributed by atoms with Crippen LogP contribution in [-0.2, 0) is 0 Å². The number of nitrogens with two attached hydrogens (primary N) is 1. The summed E-state index contributed by atoms with van der Waals surface area (Å²) >= 11 is 16.0. The van der Waals surface area contributed by atoms with E-state index in [0.29, 0.717) is 10.0 Å². The second kappa shape index (κ2) is 5.84. The molecule has 100 valence electrons. The highest BCUT2D eigenvalue weighted by atomic mass is 79.9. The molecular weight excluding hydrogens is 345 g/mol. The van der Waals surface area contributed by atoms with E-state index in [1.54, 1.807) is 0 Å². The predicted molar refractivity (Wildman–Crippen MR) is 86.1 cm³/mol. The second-order valence-electron chi connectivity index (χ2n) is 4.60. The van der Waals surface area contributed by atoms with Crippen molar-refractivity contribution in [1.82, 2.24) is 0 Å². The van der Waals surface area contributed by atoms with E-state index in [0.717, 1.165) is 21.2 Å². The standard InChI is InChI=1S/C15H14BrCl2N/c1-8-5-11(14(18)6-9(8)2)15(19)12-7-10(16)3-4-13(12)17/h3-7,15H,19H2,1-2H3. The van der Waals surface area contributed by atoms with Crippen LogP contribution in [0.1, 0.15) is 28.3 Å². The number of aryl methyl sites for hydroxylation is 2. The molecule has 2 aromatic carbocycles. The van der Waals surface area contributed by atoms with Gasteiger partial charge in [-0.1, -0.05) is 45.2 Å². The number of benzene rings is 2. The first kappa shape index (κ1) is 14.9. The van der Waals surface area contributed by atoms with Crippen LogP contribution in [0, 0.1) is 13.8 Å². The van der Waals surface area contributed by atoms with Crippen molar-refractivity contribution in [2.45, 2.75) is 19.9 Å². The summed E-state index contributed by atoms with van der Waals surface area (Å²) in [4.78, 5) is 0. The largest absolute Gasteiger partial charge is 0.320 e. The zero-order valence-corrected chi connectivity index (χ0v) is 13.8. The maximum absolute atomic E-state index is 6.32. The minimum absolute atomic E-state index is 0.336. The van der Waals surface area contributed by atoms with Crippen LogP contribution in [0.2, 0.25) is 10.0 Å². The zero-order valence-electron chi connectivity index (χ0n) is 10.7. The monoisotopic (exact) mass is 357 g/mol. The summed E-state index contributed by atoms with van der Waals surface area (Å²) in [5, 5.41) is 1.32. The van der Waals surface area contributed by atoms with E-state index in [4.69, 9.17) is 28.9 Å². The Labute approximate surface area is 131 Å². The Morgan fingerprint density at radius 1 is 0.947 bits per heavy atom. The van der Waals surface area contributed by atoms with Gasteiger partial charge < -0.3 is 5.73 Å². The molecular formula is C15H14BrCl2N. The molecule has 0 aliphatic rings. The molecule has 2 aromatic rings. The van der Waals surface area contributed by atoms with Gasteiger partial charge >= 0.3 is 0 Å². The van der Waals surface area contributed by atoms with Gasteiger partial charge in [0.2, 0.25) is 0 Å². The van der Waals surface area contributed by atoms with Gasteiger partial charge in [-0.2, -0.15) is 0 Å². The molecule has 0 saturated heterocycles. The fraction of sp³-hybridized carbons (Fsp3) is 0.200. The Morgan fingerprint density at radius 2 is 1.53 bits per heavy atom. The van der Waals surface area contributed by atoms with Crippen LogP contribution in [0.4, 0.5) is 0 Å². The molecule has 0 fully saturated rings. The van der Waals surface area contributed by atoms with Gasteiger partial charge in [0.1, 0.15) is 0 Å². The molecule has 1 unspecified atom stereocenters. The quantitative estimate of drug-likeness (QED) is 0.761. The third-order valence-corrected chi connectivity index (χ3v) is 4.41. The van der Waals surface area contributed by atoms with E-state index >= 15 is 0 Å². The number of hydrogen-bond acceptors (Lipinski definition) is 1. The first-order valence-corrected chi connectivity index (χ1v) is 7.42. The van der Waals surface area contributed by atoms with Crippen molar-refractivity contribution < 1.29 is 0 Å². The summed E-state index contributed by atoms with van der Waals surface area (Å²) in [6, 6.07) is 9.28. The molecule has 2 rings (SSSR count). The summed E-state index contributed by atoms with van der Waals surface area (Å²) in [5.74, 6) is 0. The highest BCUT2D eigenvalue weighted by Crippen LogP contribution is 2.33. The van der Waals surface area contributed by atoms with Crippen LogP contribution in [0.5, 0.6) is 0 Å². The molecule has 19 heavy (non-hydrogen) atoms. The molecule has 1 atom stereocenters. The van der Waals surface area contributed by atoms with E-state index in [-0.39, 0.29) is 6.04 Å². The Balaban J connectivity index is 2.52. The van der Waals surface area contributed by atoms with Crippen LogP contribution < -0.4 is 5.73 Å². The molecule has 0 amide bonds. The lowest BCUT2D eigenvalue weighted by Gasteiger charge is -2.17. The molecule has 2 N–H and O–H groups in total. The first-order chi connectivity index (χ1) is 8.90. The van der Waals surface area contributed by atoms with Crippen molar-refractivity contribution in [3.8, 4) is 0 Å². The SMILES string of the molecule is Cc1cc(Cl)c(C(N)c2cc(Br)ccc2Cl)cc1C. The van der Waals surface area contributed by atoms with Gasteiger partial charge in [-0.15, -0.1) is 0 Å². The first-order valence-electron chi connectivity index (χ1n) is 5.87. The Bertz CT molecular complexity index is 626. The lowest BCUT2D eigenvalue weighted by Crippen LogP contribution is -2.13. The molecule has 1 nitrogen and oxygen atoms in total. The van der Waals surface area contributed by atoms with Crippen LogP contribution in [0.25, 0.3) is 0 Å². The molecule has 0 bridgehead atoms. The minimum atomic E-state index is -0.336. The van der Waals surface area contributed by atoms with Gasteiger partial charge in [-0.3, -0.25) is 0 Å². The Kier molecular flexibility index (Phi) is 4.57. The average molecular weight is 359 g/mol. The summed E-state index contributed by atoms with van der Waals surface area (Å²) in [6.45, 7) is 4.08. The molecule has 4 heteroatoms. The molecule has 0 spiro atoms. The van der Waals surface area contributed by atoms with Gasteiger partial charge in [-0.25, -0.2) is 0 Å². The summed E-state index contributed by atoms with van der Waals surface area (Å²) < 4.78 is 0.947. The summed E-state index contributed by atoms with van der Waals surface area (Å²) in [6.07, 6.45) is 0. The smallest absolute Gasteiger partial charge is 0.0581 e. The third-order valence-electron chi connectivity index (χ3n) is 3.24. The molecule has 0 radical (unpaired) electrons. The number of hydrogen-bond donors (Lipinski definition) is 1. The van der Waals surface area contributed by atoms with Gasteiger partial charge in [0.05, 0.1) is 6.04 Å². The third kappa shape index (κ3) is 3.14. The highest BCUT2D eigenvalue weighted by Gasteiger charge is 2.16. The van der Waals surface area contributed by atoms with E-state index in [9.17, 15) is 0 Å². The maximum atomic E-state index is 6.32. The Hall–Kier alpha value is -0.540. The fourth-order valence-electron chi connectivity index (χ4n) is 1.96. The fourth-order valence-corrected chi connectivity index (χ4v) is 2.91. The topological polar surface area (TPSA) is 26.0 Å². The van der Waals surface area contributed by atoms with Crippen molar-refractivity contribution in [3.63, 3.8) is 0 Å². The maximum Gasteiger partial charge on any atom is 0.0581 e. The molecule has 0 aliphatic carbocycles. The molecule has 0 heterocycles. The van der Waals surface area contributed by atoms with Crippen LogP contribution in [0.3, 0.4) is 0 Å². The normalized spacial score (nSPS) is 12.5. The summed E-state index contributed by atoms with van der Waals surface area (Å²) in [7, 11) is 0. The minimum Gasteiger partial charge on any atom is -0.320 e. The average Bonchev–Trinajstić information content (AvgIpc) is 2.36. The van der Waals surface area contributed by atoms with Gasteiger partial charge in [-0.05, 0) is 60.4 Å². The van der Waals surface area contributed by atoms with Crippen molar-refractivity contribution in [2.24, 2.45) is 5.73 Å². The van der Waals surface area contributed by atoms with Crippen molar-refractivity contribution in [2.75, 3.05) is 0 Å². The number of rotatable bonds is 2. The predicted octanol–water partition coefficient (Wildman–Crippen LogP) is 5.42. The van der Waals surface area contributed by atoms with Gasteiger partial charge in [0, 0.05) is 14.5 Å². The Morgan fingerprint density at radius 3 is 2.21 bits per heavy atom. The van der Waals surface area contributed by atoms with Crippen LogP contribution in [-0.4, -0.2) is 0 Å². The number of halogens is 3. The van der Waals surface area contributed by atoms with Gasteiger partial charge in [0.15, 0.2) is 0 Å². The molecule has 0 aromatic heterocycles. The van der Waals surface area contributed by atoms with Gasteiger partial charge in [0.25, 0.3) is 0 Å². The summed E-state index contributed by atoms with van der Waals surface area (Å²) in [5.41, 5.74) is 10.4. The second-order valence-corrected chi connectivity index (χ2v) is 6.33. The van der Waals surface area contributed by atoms with E-state index in [2.05, 4.69) is 15.9 Å². The van der Waals surface area contributed by atoms with Crippen molar-refractivity contribution in [3.05, 3.63) is 67.1 Å². The lowest BCUT2D eigenvalue weighted by molar-refractivity contribution is 0.868. The van der Waals surface area contributed by atoms with E-state index < -0.39 is 0 Å². The zero-order chi connectivity index (χ0) is 14.2. The highest BCUT2D eigenvalue weighted by molar-refractivity contribution is 9.10.